The van der Waals surface area contributed by atoms with E-state index < -0.39 is 6.04 Å². The Morgan fingerprint density at radius 1 is 1.26 bits per heavy atom. The predicted molar refractivity (Wildman–Crippen MR) is 112 cm³/mol. The van der Waals surface area contributed by atoms with E-state index in [9.17, 15) is 9.59 Å². The molecule has 0 radical (unpaired) electrons. The number of nitrogens with one attached hydrogen (secondary N) is 1. The molecule has 2 atom stereocenters. The molecule has 1 aromatic carbocycles. The maximum Gasteiger partial charge on any atom is 0.243 e. The topological polar surface area (TPSA) is 75.4 Å². The molecule has 0 aliphatic carbocycles. The molecule has 1 aromatic rings. The molecule has 0 saturated heterocycles. The van der Waals surface area contributed by atoms with Crippen LogP contribution >= 0.6 is 12.4 Å². The van der Waals surface area contributed by atoms with Gasteiger partial charge in [0, 0.05) is 32.0 Å². The third kappa shape index (κ3) is 6.51. The monoisotopic (exact) mass is 395 g/mol. The van der Waals surface area contributed by atoms with Gasteiger partial charge >= 0.3 is 0 Å². The van der Waals surface area contributed by atoms with Crippen molar-refractivity contribution in [2.24, 2.45) is 11.7 Å². The number of hydrogen-bond donors (Lipinski definition) is 2. The minimum absolute atomic E-state index is 0. The first-order chi connectivity index (χ1) is 12.5. The van der Waals surface area contributed by atoms with Crippen LogP contribution in [0, 0.1) is 5.92 Å². The normalized spacial score (nSPS) is 17.1. The Morgan fingerprint density at radius 2 is 1.93 bits per heavy atom. The van der Waals surface area contributed by atoms with Crippen molar-refractivity contribution in [2.45, 2.75) is 71.5 Å². The summed E-state index contributed by atoms with van der Waals surface area (Å²) in [6.45, 7) is 7.11. The largest absolute Gasteiger partial charge is 0.350 e. The second kappa shape index (κ2) is 11.3. The van der Waals surface area contributed by atoms with Gasteiger partial charge in [-0.15, -0.1) is 12.4 Å². The number of nitrogens with zero attached hydrogens (tertiary/aromatic N) is 1. The molecule has 5 nitrogen and oxygen atoms in total. The third-order valence-electron chi connectivity index (χ3n) is 4.99. The Balaban J connectivity index is 0.00000364. The first kappa shape index (κ1) is 23.4. The molecule has 2 rings (SSSR count). The number of unbranched alkanes of at least 4 members (excludes halogenated alkanes) is 1. The molecule has 0 spiro atoms. The summed E-state index contributed by atoms with van der Waals surface area (Å²) in [6, 6.07) is 7.59. The van der Waals surface area contributed by atoms with Gasteiger partial charge in [0.15, 0.2) is 0 Å². The highest BCUT2D eigenvalue weighted by Gasteiger charge is 2.35. The lowest BCUT2D eigenvalue weighted by Crippen LogP contribution is -2.55. The lowest BCUT2D eigenvalue weighted by Gasteiger charge is -2.37. The molecule has 0 fully saturated rings. The van der Waals surface area contributed by atoms with Crippen LogP contribution in [-0.2, 0) is 22.6 Å². The second-order valence-corrected chi connectivity index (χ2v) is 7.69. The maximum absolute atomic E-state index is 13.0. The van der Waals surface area contributed by atoms with Crippen LogP contribution in [-0.4, -0.2) is 35.3 Å². The van der Waals surface area contributed by atoms with Gasteiger partial charge in [0.25, 0.3) is 0 Å². The molecule has 152 valence electrons. The van der Waals surface area contributed by atoms with Gasteiger partial charge in [0.1, 0.15) is 6.04 Å². The summed E-state index contributed by atoms with van der Waals surface area (Å²) in [5.74, 6) is 0.236. The number of rotatable bonds is 8. The van der Waals surface area contributed by atoms with Crippen molar-refractivity contribution in [3.05, 3.63) is 35.4 Å². The summed E-state index contributed by atoms with van der Waals surface area (Å²) >= 11 is 0. The first-order valence-corrected chi connectivity index (χ1v) is 9.82. The van der Waals surface area contributed by atoms with Crippen molar-refractivity contribution in [3.63, 3.8) is 0 Å². The summed E-state index contributed by atoms with van der Waals surface area (Å²) in [5, 5.41) is 3.08. The zero-order valence-electron chi connectivity index (χ0n) is 16.7. The highest BCUT2D eigenvalue weighted by atomic mass is 35.5. The molecule has 3 N–H and O–H groups in total. The third-order valence-corrected chi connectivity index (χ3v) is 4.99. The summed E-state index contributed by atoms with van der Waals surface area (Å²) in [7, 11) is 0. The lowest BCUT2D eigenvalue weighted by atomic mass is 9.92. The Hall–Kier alpha value is -1.59. The van der Waals surface area contributed by atoms with Crippen molar-refractivity contribution >= 4 is 24.2 Å². The number of benzene rings is 1. The summed E-state index contributed by atoms with van der Waals surface area (Å²) in [6.07, 6.45) is 4.01. The standard InChI is InChI=1S/C21H33N3O2.ClH/c1-4-5-10-18(13-22)23-21(26)19-12-16-8-6-7-9-17(16)14-24(19)20(25)11-15(2)3;/h6-9,15,18-19H,4-5,10-14,22H2,1-3H3,(H,23,26);1H. The highest BCUT2D eigenvalue weighted by molar-refractivity contribution is 5.88. The number of amides is 2. The van der Waals surface area contributed by atoms with Crippen LogP contribution in [0.3, 0.4) is 0 Å². The summed E-state index contributed by atoms with van der Waals surface area (Å²) in [5.41, 5.74) is 8.12. The second-order valence-electron chi connectivity index (χ2n) is 7.69. The molecule has 1 aliphatic rings. The van der Waals surface area contributed by atoms with E-state index in [1.807, 2.05) is 32.0 Å². The van der Waals surface area contributed by atoms with Crippen LogP contribution in [0.1, 0.15) is 57.6 Å². The van der Waals surface area contributed by atoms with Gasteiger partial charge in [0.05, 0.1) is 0 Å². The van der Waals surface area contributed by atoms with Crippen molar-refractivity contribution in [1.82, 2.24) is 10.2 Å². The van der Waals surface area contributed by atoms with E-state index >= 15 is 0 Å². The van der Waals surface area contributed by atoms with E-state index in [1.54, 1.807) is 4.90 Å². The fourth-order valence-electron chi connectivity index (χ4n) is 3.48. The van der Waals surface area contributed by atoms with Gasteiger partial charge in [-0.2, -0.15) is 0 Å². The average Bonchev–Trinajstić information content (AvgIpc) is 2.63. The van der Waals surface area contributed by atoms with E-state index in [0.717, 1.165) is 30.4 Å². The van der Waals surface area contributed by atoms with E-state index in [2.05, 4.69) is 18.3 Å². The summed E-state index contributed by atoms with van der Waals surface area (Å²) in [4.78, 5) is 27.5. The zero-order valence-corrected chi connectivity index (χ0v) is 17.6. The minimum Gasteiger partial charge on any atom is -0.350 e. The van der Waals surface area contributed by atoms with Crippen molar-refractivity contribution < 1.29 is 9.59 Å². The number of nitrogens with two attached hydrogens (primary N) is 1. The highest BCUT2D eigenvalue weighted by Crippen LogP contribution is 2.25. The molecule has 1 heterocycles. The molecule has 2 amide bonds. The molecule has 6 heteroatoms. The minimum atomic E-state index is -0.452. The van der Waals surface area contributed by atoms with Crippen LogP contribution in [0.4, 0.5) is 0 Å². The molecular weight excluding hydrogens is 362 g/mol. The van der Waals surface area contributed by atoms with Gasteiger partial charge in [-0.05, 0) is 23.5 Å². The Bertz CT molecular complexity index is 621. The lowest BCUT2D eigenvalue weighted by molar-refractivity contribution is -0.142. The number of hydrogen-bond acceptors (Lipinski definition) is 3. The molecule has 2 unspecified atom stereocenters. The SMILES string of the molecule is CCCCC(CN)NC(=O)C1Cc2ccccc2CN1C(=O)CC(C)C.Cl. The van der Waals surface area contributed by atoms with Crippen molar-refractivity contribution in [3.8, 4) is 0 Å². The number of halogens is 1. The fraction of sp³-hybridized carbons (Fsp3) is 0.619. The van der Waals surface area contributed by atoms with Crippen LogP contribution in [0.15, 0.2) is 24.3 Å². The maximum atomic E-state index is 13.0. The number of carbonyl (C=O) groups is 2. The van der Waals surface area contributed by atoms with Crippen LogP contribution in [0.25, 0.3) is 0 Å². The van der Waals surface area contributed by atoms with Crippen molar-refractivity contribution in [2.75, 3.05) is 6.54 Å². The fourth-order valence-corrected chi connectivity index (χ4v) is 3.48. The van der Waals surface area contributed by atoms with E-state index in [4.69, 9.17) is 5.73 Å². The van der Waals surface area contributed by atoms with Gasteiger partial charge < -0.3 is 16.0 Å². The van der Waals surface area contributed by atoms with Gasteiger partial charge in [-0.3, -0.25) is 9.59 Å². The first-order valence-electron chi connectivity index (χ1n) is 9.82. The van der Waals surface area contributed by atoms with Crippen LogP contribution in [0.2, 0.25) is 0 Å². The van der Waals surface area contributed by atoms with Crippen LogP contribution < -0.4 is 11.1 Å². The Labute approximate surface area is 169 Å². The zero-order chi connectivity index (χ0) is 19.1. The summed E-state index contributed by atoms with van der Waals surface area (Å²) < 4.78 is 0. The molecule has 1 aliphatic heterocycles. The smallest absolute Gasteiger partial charge is 0.243 e. The predicted octanol–water partition coefficient (Wildman–Crippen LogP) is 3.04. The molecule has 0 saturated carbocycles. The van der Waals surface area contributed by atoms with Gasteiger partial charge in [-0.1, -0.05) is 57.9 Å². The van der Waals surface area contributed by atoms with E-state index in [0.29, 0.717) is 25.9 Å². The number of fused-ring (bicyclic) bond motifs is 1. The molecule has 27 heavy (non-hydrogen) atoms. The Kier molecular flexibility index (Phi) is 9.81. The van der Waals surface area contributed by atoms with Gasteiger partial charge in [0.2, 0.25) is 11.8 Å². The quantitative estimate of drug-likeness (QED) is 0.710. The Morgan fingerprint density at radius 3 is 2.52 bits per heavy atom. The molecule has 0 bridgehead atoms. The number of carbonyl (C=O) groups excluding carboxylic acids is 2. The molecule has 0 aromatic heterocycles. The van der Waals surface area contributed by atoms with Gasteiger partial charge in [-0.25, -0.2) is 0 Å². The van der Waals surface area contributed by atoms with E-state index in [-0.39, 0.29) is 36.2 Å². The van der Waals surface area contributed by atoms with Crippen molar-refractivity contribution in [1.29, 1.82) is 0 Å². The van der Waals surface area contributed by atoms with E-state index in [1.165, 1.54) is 0 Å². The van der Waals surface area contributed by atoms with Crippen LogP contribution in [0.5, 0.6) is 0 Å². The average molecular weight is 396 g/mol. The molecular formula is C21H34ClN3O2.